The molecule has 0 aliphatic heterocycles. The highest BCUT2D eigenvalue weighted by atomic mass is 32.2. The van der Waals surface area contributed by atoms with Gasteiger partial charge in [0.15, 0.2) is 0 Å². The van der Waals surface area contributed by atoms with Crippen LogP contribution in [0.4, 0.5) is 5.69 Å². The molecular formula is C12H18N2O4S. The fourth-order valence-electron chi connectivity index (χ4n) is 1.74. The molecule has 1 aromatic rings. The van der Waals surface area contributed by atoms with Crippen LogP contribution < -0.4 is 10.5 Å². The number of nitrogen functional groups attached to an aromatic ring is 1. The molecule has 0 unspecified atom stereocenters. The highest BCUT2D eigenvalue weighted by Crippen LogP contribution is 2.27. The molecule has 0 heterocycles. The highest BCUT2D eigenvalue weighted by molar-refractivity contribution is 7.89. The van der Waals surface area contributed by atoms with Crippen molar-refractivity contribution in [3.05, 3.63) is 22.8 Å². The van der Waals surface area contributed by atoms with E-state index < -0.39 is 22.5 Å². The molecule has 19 heavy (non-hydrogen) atoms. The Kier molecular flexibility index (Phi) is 4.54. The zero-order valence-corrected chi connectivity index (χ0v) is 12.2. The quantitative estimate of drug-likeness (QED) is 0.625. The maximum Gasteiger partial charge on any atom is 0.320 e. The largest absolute Gasteiger partial charge is 0.468 e. The Bertz CT molecular complexity index is 582. The predicted molar refractivity (Wildman–Crippen MR) is 72.3 cm³/mol. The van der Waals surface area contributed by atoms with Crippen molar-refractivity contribution in [1.82, 2.24) is 4.72 Å². The second kappa shape index (κ2) is 5.58. The lowest BCUT2D eigenvalue weighted by Gasteiger charge is -2.15. The average molecular weight is 286 g/mol. The molecule has 0 bridgehead atoms. The number of sulfonamides is 1. The van der Waals surface area contributed by atoms with Gasteiger partial charge in [0.2, 0.25) is 10.0 Å². The maximum atomic E-state index is 12.2. The van der Waals surface area contributed by atoms with Crippen molar-refractivity contribution in [3.8, 4) is 0 Å². The van der Waals surface area contributed by atoms with E-state index in [0.717, 1.165) is 5.56 Å². The van der Waals surface area contributed by atoms with Crippen LogP contribution in [0.2, 0.25) is 0 Å². The van der Waals surface area contributed by atoms with Crippen LogP contribution in [-0.2, 0) is 19.6 Å². The summed E-state index contributed by atoms with van der Waals surface area (Å²) in [5.74, 6) is -0.653. The Labute approximate surface area is 113 Å². The van der Waals surface area contributed by atoms with Crippen molar-refractivity contribution in [3.63, 3.8) is 0 Å². The van der Waals surface area contributed by atoms with Gasteiger partial charge in [-0.15, -0.1) is 0 Å². The molecule has 0 amide bonds. The second-order valence-electron chi connectivity index (χ2n) is 4.26. The minimum absolute atomic E-state index is 0.119. The van der Waals surface area contributed by atoms with E-state index in [1.54, 1.807) is 26.8 Å². The van der Waals surface area contributed by atoms with E-state index in [2.05, 4.69) is 9.46 Å². The van der Waals surface area contributed by atoms with Gasteiger partial charge >= 0.3 is 5.97 Å². The fourth-order valence-corrected chi connectivity index (χ4v) is 3.28. The molecule has 0 saturated heterocycles. The standard InChI is InChI=1S/C12H18N2O4S/c1-7-5-10(13)9(3)12(8(7)2)19(16,17)14-6-11(15)18-4/h5,14H,6,13H2,1-4H3. The SMILES string of the molecule is COC(=O)CNS(=O)(=O)c1c(C)c(C)cc(N)c1C. The number of carbonyl (C=O) groups is 1. The zero-order chi connectivity index (χ0) is 14.8. The number of anilines is 1. The van der Waals surface area contributed by atoms with Gasteiger partial charge in [-0.05, 0) is 43.5 Å². The summed E-state index contributed by atoms with van der Waals surface area (Å²) in [6, 6.07) is 1.73. The van der Waals surface area contributed by atoms with Crippen LogP contribution in [0.15, 0.2) is 11.0 Å². The number of hydrogen-bond donors (Lipinski definition) is 2. The Balaban J connectivity index is 3.25. The van der Waals surface area contributed by atoms with E-state index in [1.165, 1.54) is 7.11 Å². The van der Waals surface area contributed by atoms with Crippen molar-refractivity contribution in [2.24, 2.45) is 0 Å². The van der Waals surface area contributed by atoms with Crippen LogP contribution in [0.1, 0.15) is 16.7 Å². The van der Waals surface area contributed by atoms with Crippen molar-refractivity contribution in [2.45, 2.75) is 25.7 Å². The Hall–Kier alpha value is -1.60. The molecule has 0 aliphatic carbocycles. The number of carbonyl (C=O) groups excluding carboxylic acids is 1. The molecule has 3 N–H and O–H groups in total. The summed E-state index contributed by atoms with van der Waals surface area (Å²) in [4.78, 5) is 11.1. The number of esters is 1. The van der Waals surface area contributed by atoms with Gasteiger partial charge in [0.05, 0.1) is 12.0 Å². The third-order valence-corrected chi connectivity index (χ3v) is 4.65. The van der Waals surface area contributed by atoms with Gasteiger partial charge in [0, 0.05) is 5.69 Å². The minimum atomic E-state index is -3.80. The van der Waals surface area contributed by atoms with Gasteiger partial charge in [0.1, 0.15) is 6.54 Å². The lowest BCUT2D eigenvalue weighted by molar-refractivity contribution is -0.139. The van der Waals surface area contributed by atoms with Crippen LogP contribution in [0, 0.1) is 20.8 Å². The summed E-state index contributed by atoms with van der Waals surface area (Å²) in [5, 5.41) is 0. The number of aryl methyl sites for hydroxylation is 1. The minimum Gasteiger partial charge on any atom is -0.468 e. The summed E-state index contributed by atoms with van der Waals surface area (Å²) >= 11 is 0. The van der Waals surface area contributed by atoms with Crippen molar-refractivity contribution in [1.29, 1.82) is 0 Å². The van der Waals surface area contributed by atoms with Gasteiger partial charge < -0.3 is 10.5 Å². The third-order valence-electron chi connectivity index (χ3n) is 2.98. The third kappa shape index (κ3) is 3.24. The Morgan fingerprint density at radius 3 is 2.42 bits per heavy atom. The molecule has 0 aliphatic rings. The van der Waals surface area contributed by atoms with Crippen molar-refractivity contribution >= 4 is 21.7 Å². The number of nitrogens with two attached hydrogens (primary N) is 1. The van der Waals surface area contributed by atoms with Gasteiger partial charge in [-0.3, -0.25) is 4.79 Å². The van der Waals surface area contributed by atoms with Crippen LogP contribution >= 0.6 is 0 Å². The summed E-state index contributed by atoms with van der Waals surface area (Å²) in [6.45, 7) is 4.71. The van der Waals surface area contributed by atoms with E-state index >= 15 is 0 Å². The molecule has 1 aromatic carbocycles. The van der Waals surface area contributed by atoms with E-state index in [4.69, 9.17) is 5.73 Å². The van der Waals surface area contributed by atoms with Gasteiger partial charge in [0.25, 0.3) is 0 Å². The van der Waals surface area contributed by atoms with E-state index in [0.29, 0.717) is 16.8 Å². The maximum absolute atomic E-state index is 12.2. The topological polar surface area (TPSA) is 98.5 Å². The summed E-state index contributed by atoms with van der Waals surface area (Å²) < 4.78 is 31.1. The average Bonchev–Trinajstić information content (AvgIpc) is 2.33. The highest BCUT2D eigenvalue weighted by Gasteiger charge is 2.23. The number of rotatable bonds is 4. The van der Waals surface area contributed by atoms with Crippen LogP contribution in [0.25, 0.3) is 0 Å². The smallest absolute Gasteiger partial charge is 0.320 e. The molecule has 0 fully saturated rings. The number of ether oxygens (including phenoxy) is 1. The molecule has 1 rings (SSSR count). The first-order chi connectivity index (χ1) is 8.70. The number of benzene rings is 1. The van der Waals surface area contributed by atoms with Crippen LogP contribution in [-0.4, -0.2) is 28.0 Å². The van der Waals surface area contributed by atoms with Crippen molar-refractivity contribution < 1.29 is 17.9 Å². The summed E-state index contributed by atoms with van der Waals surface area (Å²) in [7, 11) is -2.61. The molecule has 0 radical (unpaired) electrons. The lowest BCUT2D eigenvalue weighted by Crippen LogP contribution is -2.31. The Morgan fingerprint density at radius 2 is 1.89 bits per heavy atom. The first-order valence-corrected chi connectivity index (χ1v) is 7.11. The summed E-state index contributed by atoms with van der Waals surface area (Å²) in [5.41, 5.74) is 8.06. The first-order valence-electron chi connectivity index (χ1n) is 5.63. The molecule has 7 heteroatoms. The van der Waals surface area contributed by atoms with Crippen molar-refractivity contribution in [2.75, 3.05) is 19.4 Å². The van der Waals surface area contributed by atoms with Gasteiger partial charge in [-0.1, -0.05) is 0 Å². The molecule has 0 spiro atoms. The van der Waals surface area contributed by atoms with E-state index in [-0.39, 0.29) is 4.90 Å². The predicted octanol–water partition coefficient (Wildman–Crippen LogP) is 0.645. The number of hydrogen-bond acceptors (Lipinski definition) is 5. The summed E-state index contributed by atoms with van der Waals surface area (Å²) in [6.07, 6.45) is 0. The monoisotopic (exact) mass is 286 g/mol. The molecular weight excluding hydrogens is 268 g/mol. The van der Waals surface area contributed by atoms with Gasteiger partial charge in [-0.25, -0.2) is 8.42 Å². The van der Waals surface area contributed by atoms with Crippen LogP contribution in [0.3, 0.4) is 0 Å². The van der Waals surface area contributed by atoms with E-state index in [9.17, 15) is 13.2 Å². The molecule has 0 atom stereocenters. The van der Waals surface area contributed by atoms with E-state index in [1.807, 2.05) is 0 Å². The molecule has 6 nitrogen and oxygen atoms in total. The van der Waals surface area contributed by atoms with Crippen LogP contribution in [0.5, 0.6) is 0 Å². The number of methoxy groups -OCH3 is 1. The first kappa shape index (κ1) is 15.5. The molecule has 0 aromatic heterocycles. The normalized spacial score (nSPS) is 11.4. The fraction of sp³-hybridized carbons (Fsp3) is 0.417. The lowest BCUT2D eigenvalue weighted by atomic mass is 10.1. The van der Waals surface area contributed by atoms with Gasteiger partial charge in [-0.2, -0.15) is 4.72 Å². The Morgan fingerprint density at radius 1 is 1.32 bits per heavy atom. The second-order valence-corrected chi connectivity index (χ2v) is 5.97. The molecule has 0 saturated carbocycles. The number of nitrogens with one attached hydrogen (secondary N) is 1. The molecule has 106 valence electrons. The zero-order valence-electron chi connectivity index (χ0n) is 11.4.